The quantitative estimate of drug-likeness (QED) is 0.331. The van der Waals surface area contributed by atoms with Crippen molar-refractivity contribution in [3.63, 3.8) is 0 Å². The zero-order chi connectivity index (χ0) is 9.68. The largest absolute Gasteiger partial charge is 0.392 e. The fourth-order valence-electron chi connectivity index (χ4n) is 0.950. The summed E-state index contributed by atoms with van der Waals surface area (Å²) in [4.78, 5) is 13.1. The van der Waals surface area contributed by atoms with E-state index >= 15 is 0 Å². The Hall–Kier alpha value is -1.84. The van der Waals surface area contributed by atoms with Crippen molar-refractivity contribution in [2.75, 3.05) is 0 Å². The average Bonchev–Trinajstić information content (AvgIpc) is 2.18. The fraction of sp³-hybridized carbons (Fsp3) is 0.125. The van der Waals surface area contributed by atoms with Gasteiger partial charge in [-0.2, -0.15) is 0 Å². The van der Waals surface area contributed by atoms with Crippen LogP contribution in [0.15, 0.2) is 23.3 Å². The van der Waals surface area contributed by atoms with Crippen LogP contribution < -0.4 is 0 Å². The standard InChI is InChI=1S/C8H7N3O2/c9-11-10-8-2-1-6(4-12)7(3-8)5-13/h1-3,5,12H,4H2. The Morgan fingerprint density at radius 2 is 2.38 bits per heavy atom. The summed E-state index contributed by atoms with van der Waals surface area (Å²) < 4.78 is 0. The van der Waals surface area contributed by atoms with Crippen LogP contribution in [0.5, 0.6) is 0 Å². The van der Waals surface area contributed by atoms with E-state index in [1.165, 1.54) is 12.1 Å². The van der Waals surface area contributed by atoms with Gasteiger partial charge in [0.2, 0.25) is 0 Å². The van der Waals surface area contributed by atoms with Crippen molar-refractivity contribution in [2.45, 2.75) is 6.61 Å². The number of hydrogen-bond acceptors (Lipinski definition) is 3. The van der Waals surface area contributed by atoms with Gasteiger partial charge in [0.25, 0.3) is 0 Å². The lowest BCUT2D eigenvalue weighted by Gasteiger charge is -2.00. The first-order valence-electron chi connectivity index (χ1n) is 3.56. The van der Waals surface area contributed by atoms with E-state index in [0.29, 0.717) is 23.1 Å². The molecule has 0 unspecified atom stereocenters. The van der Waals surface area contributed by atoms with Crippen molar-refractivity contribution < 1.29 is 9.90 Å². The van der Waals surface area contributed by atoms with Crippen LogP contribution in [0.4, 0.5) is 5.69 Å². The summed E-state index contributed by atoms with van der Waals surface area (Å²) in [5.74, 6) is 0. The lowest BCUT2D eigenvalue weighted by molar-refractivity contribution is 0.112. The van der Waals surface area contributed by atoms with Crippen molar-refractivity contribution in [3.8, 4) is 0 Å². The Morgan fingerprint density at radius 1 is 1.62 bits per heavy atom. The highest BCUT2D eigenvalue weighted by Crippen LogP contribution is 2.17. The molecule has 66 valence electrons. The highest BCUT2D eigenvalue weighted by molar-refractivity contribution is 5.79. The van der Waals surface area contributed by atoms with Gasteiger partial charge >= 0.3 is 0 Å². The van der Waals surface area contributed by atoms with Crippen LogP contribution in [0.3, 0.4) is 0 Å². The maximum Gasteiger partial charge on any atom is 0.150 e. The molecule has 5 nitrogen and oxygen atoms in total. The number of benzene rings is 1. The zero-order valence-electron chi connectivity index (χ0n) is 6.71. The molecule has 0 saturated heterocycles. The predicted octanol–water partition coefficient (Wildman–Crippen LogP) is 1.93. The molecule has 0 bridgehead atoms. The Kier molecular flexibility index (Phi) is 3.03. The summed E-state index contributed by atoms with van der Waals surface area (Å²) in [6.45, 7) is -0.204. The van der Waals surface area contributed by atoms with Crippen LogP contribution in [-0.2, 0) is 6.61 Å². The van der Waals surface area contributed by atoms with E-state index in [1.54, 1.807) is 6.07 Å². The number of carbonyl (C=O) groups excluding carboxylic acids is 1. The molecule has 0 fully saturated rings. The van der Waals surface area contributed by atoms with E-state index < -0.39 is 0 Å². The number of aliphatic hydroxyl groups is 1. The van der Waals surface area contributed by atoms with Crippen molar-refractivity contribution in [1.82, 2.24) is 0 Å². The molecule has 5 heteroatoms. The maximum absolute atomic E-state index is 10.5. The Labute approximate surface area is 74.3 Å². The minimum atomic E-state index is -0.204. The molecule has 0 amide bonds. The Morgan fingerprint density at radius 3 is 2.92 bits per heavy atom. The number of carbonyl (C=O) groups is 1. The van der Waals surface area contributed by atoms with E-state index in [1.807, 2.05) is 0 Å². The van der Waals surface area contributed by atoms with E-state index in [4.69, 9.17) is 10.6 Å². The van der Waals surface area contributed by atoms with Crippen molar-refractivity contribution in [2.24, 2.45) is 5.11 Å². The molecule has 1 rings (SSSR count). The van der Waals surface area contributed by atoms with Gasteiger partial charge in [-0.05, 0) is 17.2 Å². The topological polar surface area (TPSA) is 86.1 Å². The van der Waals surface area contributed by atoms with Gasteiger partial charge in [0, 0.05) is 16.2 Å². The first-order chi connectivity index (χ1) is 6.31. The minimum Gasteiger partial charge on any atom is -0.392 e. The number of rotatable bonds is 3. The summed E-state index contributed by atoms with van der Waals surface area (Å²) in [6.07, 6.45) is 0.613. The second-order valence-corrected chi connectivity index (χ2v) is 2.35. The summed E-state index contributed by atoms with van der Waals surface area (Å²) in [5.41, 5.74) is 9.35. The zero-order valence-corrected chi connectivity index (χ0v) is 6.71. The van der Waals surface area contributed by atoms with Gasteiger partial charge in [-0.25, -0.2) is 0 Å². The van der Waals surface area contributed by atoms with Crippen molar-refractivity contribution >= 4 is 12.0 Å². The summed E-state index contributed by atoms with van der Waals surface area (Å²) >= 11 is 0. The molecular formula is C8H7N3O2. The van der Waals surface area contributed by atoms with E-state index in [-0.39, 0.29) is 6.61 Å². The smallest absolute Gasteiger partial charge is 0.150 e. The number of hydrogen-bond donors (Lipinski definition) is 1. The van der Waals surface area contributed by atoms with Crippen LogP contribution in [0.1, 0.15) is 15.9 Å². The Bertz CT molecular complexity index is 370. The number of aliphatic hydroxyl groups excluding tert-OH is 1. The van der Waals surface area contributed by atoms with Gasteiger partial charge in [0.1, 0.15) is 6.29 Å². The van der Waals surface area contributed by atoms with Gasteiger partial charge in [-0.3, -0.25) is 4.79 Å². The summed E-state index contributed by atoms with van der Waals surface area (Å²) in [6, 6.07) is 4.52. The third kappa shape index (κ3) is 2.05. The number of aldehydes is 1. The van der Waals surface area contributed by atoms with Gasteiger partial charge in [0.05, 0.1) is 6.61 Å². The molecule has 0 aliphatic heterocycles. The first kappa shape index (κ1) is 9.25. The molecule has 0 aromatic heterocycles. The van der Waals surface area contributed by atoms with Gasteiger partial charge < -0.3 is 5.11 Å². The molecule has 1 aromatic rings. The van der Waals surface area contributed by atoms with Crippen LogP contribution in [0.25, 0.3) is 10.4 Å². The molecule has 1 N–H and O–H groups in total. The van der Waals surface area contributed by atoms with Gasteiger partial charge in [-0.15, -0.1) is 0 Å². The number of nitrogens with zero attached hydrogens (tertiary/aromatic N) is 3. The molecule has 0 saturated carbocycles. The average molecular weight is 177 g/mol. The third-order valence-corrected chi connectivity index (χ3v) is 1.59. The summed E-state index contributed by atoms with van der Waals surface area (Å²) in [7, 11) is 0. The fourth-order valence-corrected chi connectivity index (χ4v) is 0.950. The van der Waals surface area contributed by atoms with Crippen LogP contribution in [0, 0.1) is 0 Å². The molecule has 0 spiro atoms. The van der Waals surface area contributed by atoms with E-state index in [2.05, 4.69) is 10.0 Å². The minimum absolute atomic E-state index is 0.204. The third-order valence-electron chi connectivity index (χ3n) is 1.59. The lowest BCUT2D eigenvalue weighted by atomic mass is 10.1. The van der Waals surface area contributed by atoms with Crippen molar-refractivity contribution in [3.05, 3.63) is 39.8 Å². The molecule has 13 heavy (non-hydrogen) atoms. The van der Waals surface area contributed by atoms with Crippen molar-refractivity contribution in [1.29, 1.82) is 0 Å². The second kappa shape index (κ2) is 4.25. The molecule has 0 heterocycles. The van der Waals surface area contributed by atoms with Crippen LogP contribution in [-0.4, -0.2) is 11.4 Å². The molecule has 0 aliphatic carbocycles. The molecule has 0 atom stereocenters. The number of azide groups is 1. The lowest BCUT2D eigenvalue weighted by Crippen LogP contribution is -1.90. The Balaban J connectivity index is 3.19. The van der Waals surface area contributed by atoms with E-state index in [0.717, 1.165) is 0 Å². The molecular weight excluding hydrogens is 170 g/mol. The van der Waals surface area contributed by atoms with Gasteiger partial charge in [0.15, 0.2) is 0 Å². The highest BCUT2D eigenvalue weighted by atomic mass is 16.3. The van der Waals surface area contributed by atoms with Crippen LogP contribution >= 0.6 is 0 Å². The van der Waals surface area contributed by atoms with E-state index in [9.17, 15) is 4.79 Å². The first-order valence-corrected chi connectivity index (χ1v) is 3.56. The van der Waals surface area contributed by atoms with Crippen LogP contribution in [0.2, 0.25) is 0 Å². The second-order valence-electron chi connectivity index (χ2n) is 2.35. The van der Waals surface area contributed by atoms with Gasteiger partial charge in [-0.1, -0.05) is 17.2 Å². The molecule has 0 aliphatic rings. The predicted molar refractivity (Wildman–Crippen MR) is 46.6 cm³/mol. The SMILES string of the molecule is [N-]=[N+]=Nc1ccc(CO)c(C=O)c1. The normalized spacial score (nSPS) is 9.00. The molecule has 0 radical (unpaired) electrons. The monoisotopic (exact) mass is 177 g/mol. The maximum atomic E-state index is 10.5. The summed E-state index contributed by atoms with van der Waals surface area (Å²) in [5, 5.41) is 12.1. The molecule has 1 aromatic carbocycles. The highest BCUT2D eigenvalue weighted by Gasteiger charge is 2.00.